The lowest BCUT2D eigenvalue weighted by Crippen LogP contribution is -2.28. The Morgan fingerprint density at radius 3 is 2.62 bits per heavy atom. The number of fused-ring (bicyclic) bond motifs is 1. The second-order valence-electron chi connectivity index (χ2n) is 5.82. The number of hydrogen-bond donors (Lipinski definition) is 1. The van der Waals surface area contributed by atoms with E-state index in [4.69, 9.17) is 23.2 Å². The molecule has 110 valence electrons. The van der Waals surface area contributed by atoms with Crippen molar-refractivity contribution in [3.8, 4) is 0 Å². The molecular formula is C18H18Cl2O. The Morgan fingerprint density at radius 1 is 1.00 bits per heavy atom. The first-order valence-corrected chi connectivity index (χ1v) is 8.09. The lowest BCUT2D eigenvalue weighted by Gasteiger charge is -2.29. The van der Waals surface area contributed by atoms with Crippen LogP contribution in [-0.4, -0.2) is 5.11 Å². The van der Waals surface area contributed by atoms with Gasteiger partial charge in [0.15, 0.2) is 0 Å². The number of rotatable bonds is 2. The number of halogens is 2. The highest BCUT2D eigenvalue weighted by atomic mass is 35.5. The van der Waals surface area contributed by atoms with E-state index < -0.39 is 5.60 Å². The molecule has 2 aromatic carbocycles. The predicted molar refractivity (Wildman–Crippen MR) is 88.1 cm³/mol. The summed E-state index contributed by atoms with van der Waals surface area (Å²) in [5.74, 6) is 0. The highest BCUT2D eigenvalue weighted by Gasteiger charge is 2.32. The number of aliphatic hydroxyl groups is 1. The third kappa shape index (κ3) is 3.11. The minimum absolute atomic E-state index is 0.541. The van der Waals surface area contributed by atoms with E-state index in [1.54, 1.807) is 6.07 Å². The van der Waals surface area contributed by atoms with Crippen LogP contribution < -0.4 is 0 Å². The molecule has 0 bridgehead atoms. The van der Waals surface area contributed by atoms with Gasteiger partial charge in [0.25, 0.3) is 0 Å². The molecule has 0 aliphatic heterocycles. The Morgan fingerprint density at radius 2 is 1.81 bits per heavy atom. The first-order valence-electron chi connectivity index (χ1n) is 7.33. The van der Waals surface area contributed by atoms with Crippen molar-refractivity contribution in [2.75, 3.05) is 0 Å². The number of benzene rings is 2. The van der Waals surface area contributed by atoms with Crippen LogP contribution in [0.5, 0.6) is 0 Å². The van der Waals surface area contributed by atoms with Crippen LogP contribution in [0.2, 0.25) is 10.0 Å². The Kier molecular flexibility index (Phi) is 4.26. The van der Waals surface area contributed by atoms with Gasteiger partial charge in [0, 0.05) is 6.42 Å². The molecule has 0 amide bonds. The number of aryl methyl sites for hydroxylation is 1. The molecule has 1 aliphatic carbocycles. The molecule has 0 aromatic heterocycles. The Bertz CT molecular complexity index is 653. The summed E-state index contributed by atoms with van der Waals surface area (Å²) in [6.07, 6.45) is 4.55. The fourth-order valence-corrected chi connectivity index (χ4v) is 3.55. The molecule has 0 saturated carbocycles. The van der Waals surface area contributed by atoms with Crippen molar-refractivity contribution >= 4 is 23.2 Å². The van der Waals surface area contributed by atoms with Gasteiger partial charge in [-0.25, -0.2) is 0 Å². The van der Waals surface area contributed by atoms with Crippen LogP contribution in [0.1, 0.15) is 36.0 Å². The van der Waals surface area contributed by atoms with Gasteiger partial charge < -0.3 is 5.11 Å². The molecule has 1 atom stereocenters. The molecule has 0 heterocycles. The van der Waals surface area contributed by atoms with E-state index in [1.165, 1.54) is 5.56 Å². The van der Waals surface area contributed by atoms with E-state index in [1.807, 2.05) is 24.3 Å². The fraction of sp³-hybridized carbons (Fsp3) is 0.333. The van der Waals surface area contributed by atoms with Crippen LogP contribution in [0.25, 0.3) is 0 Å². The number of hydrogen-bond acceptors (Lipinski definition) is 1. The van der Waals surface area contributed by atoms with Gasteiger partial charge in [-0.15, -0.1) is 0 Å². The summed E-state index contributed by atoms with van der Waals surface area (Å²) in [5.41, 5.74) is 2.53. The van der Waals surface area contributed by atoms with Gasteiger partial charge in [-0.05, 0) is 54.5 Å². The smallest absolute Gasteiger partial charge is 0.0939 e. The average molecular weight is 321 g/mol. The lowest BCUT2D eigenvalue weighted by atomic mass is 9.83. The molecule has 0 radical (unpaired) electrons. The van der Waals surface area contributed by atoms with E-state index in [2.05, 4.69) is 12.1 Å². The molecule has 1 aliphatic rings. The summed E-state index contributed by atoms with van der Waals surface area (Å²) < 4.78 is 0. The summed E-state index contributed by atoms with van der Waals surface area (Å²) in [6.45, 7) is 0. The van der Waals surface area contributed by atoms with E-state index in [0.717, 1.165) is 36.8 Å². The molecule has 0 saturated heterocycles. The second kappa shape index (κ2) is 6.00. The summed E-state index contributed by atoms with van der Waals surface area (Å²) in [4.78, 5) is 0. The van der Waals surface area contributed by atoms with Crippen molar-refractivity contribution in [3.63, 3.8) is 0 Å². The Balaban J connectivity index is 1.97. The molecule has 1 N–H and O–H groups in total. The standard InChI is InChI=1S/C18H18Cl2O/c19-16-9-8-13(11-17(16)20)12-18(21)10-4-3-6-14-5-1-2-7-15(14)18/h1-2,5,7-9,11,21H,3-4,6,10,12H2. The predicted octanol–water partition coefficient (Wildman–Crippen LogP) is 5.15. The van der Waals surface area contributed by atoms with Crippen LogP contribution in [0, 0.1) is 0 Å². The monoisotopic (exact) mass is 320 g/mol. The molecule has 2 aromatic rings. The summed E-state index contributed by atoms with van der Waals surface area (Å²) in [6, 6.07) is 13.8. The zero-order chi connectivity index (χ0) is 14.9. The van der Waals surface area contributed by atoms with E-state index in [0.29, 0.717) is 16.5 Å². The third-order valence-corrected chi connectivity index (χ3v) is 5.02. The SMILES string of the molecule is OC1(Cc2ccc(Cl)c(Cl)c2)CCCCc2ccccc21. The quantitative estimate of drug-likeness (QED) is 0.758. The topological polar surface area (TPSA) is 20.2 Å². The molecular weight excluding hydrogens is 303 g/mol. The van der Waals surface area contributed by atoms with Gasteiger partial charge in [0.2, 0.25) is 0 Å². The molecule has 1 nitrogen and oxygen atoms in total. The maximum Gasteiger partial charge on any atom is 0.0939 e. The van der Waals surface area contributed by atoms with Gasteiger partial charge in [0.05, 0.1) is 15.6 Å². The molecule has 0 spiro atoms. The van der Waals surface area contributed by atoms with E-state index in [9.17, 15) is 5.11 Å². The van der Waals surface area contributed by atoms with Crippen LogP contribution in [0.4, 0.5) is 0 Å². The van der Waals surface area contributed by atoms with Crippen LogP contribution in [0.3, 0.4) is 0 Å². The summed E-state index contributed by atoms with van der Waals surface area (Å²) in [7, 11) is 0. The van der Waals surface area contributed by atoms with Crippen molar-refractivity contribution in [2.45, 2.75) is 37.7 Å². The fourth-order valence-electron chi connectivity index (χ4n) is 3.23. The normalized spacial score (nSPS) is 21.7. The van der Waals surface area contributed by atoms with Crippen LogP contribution in [-0.2, 0) is 18.4 Å². The van der Waals surface area contributed by atoms with Crippen molar-refractivity contribution in [1.29, 1.82) is 0 Å². The van der Waals surface area contributed by atoms with Gasteiger partial charge in [0.1, 0.15) is 0 Å². The molecule has 0 fully saturated rings. The maximum absolute atomic E-state index is 11.2. The minimum Gasteiger partial charge on any atom is -0.385 e. The van der Waals surface area contributed by atoms with Crippen LogP contribution >= 0.6 is 23.2 Å². The zero-order valence-electron chi connectivity index (χ0n) is 11.8. The Labute approximate surface area is 135 Å². The molecule has 21 heavy (non-hydrogen) atoms. The van der Waals surface area contributed by atoms with Crippen molar-refractivity contribution in [1.82, 2.24) is 0 Å². The first-order chi connectivity index (χ1) is 10.1. The maximum atomic E-state index is 11.2. The second-order valence-corrected chi connectivity index (χ2v) is 6.64. The van der Waals surface area contributed by atoms with E-state index >= 15 is 0 Å². The molecule has 3 heteroatoms. The minimum atomic E-state index is -0.815. The molecule has 3 rings (SSSR count). The van der Waals surface area contributed by atoms with Gasteiger partial charge in [-0.2, -0.15) is 0 Å². The summed E-state index contributed by atoms with van der Waals surface area (Å²) in [5, 5.41) is 12.3. The average Bonchev–Trinajstić information content (AvgIpc) is 2.63. The third-order valence-electron chi connectivity index (χ3n) is 4.29. The van der Waals surface area contributed by atoms with E-state index in [-0.39, 0.29) is 0 Å². The largest absolute Gasteiger partial charge is 0.385 e. The highest BCUT2D eigenvalue weighted by Crippen LogP contribution is 2.37. The van der Waals surface area contributed by atoms with Gasteiger partial charge in [-0.3, -0.25) is 0 Å². The highest BCUT2D eigenvalue weighted by molar-refractivity contribution is 6.42. The van der Waals surface area contributed by atoms with Crippen molar-refractivity contribution < 1.29 is 5.11 Å². The van der Waals surface area contributed by atoms with Gasteiger partial charge in [-0.1, -0.05) is 53.5 Å². The Hall–Kier alpha value is -1.02. The van der Waals surface area contributed by atoms with Gasteiger partial charge >= 0.3 is 0 Å². The van der Waals surface area contributed by atoms with Crippen molar-refractivity contribution in [2.24, 2.45) is 0 Å². The molecule has 1 unspecified atom stereocenters. The first kappa shape index (κ1) is 14.9. The van der Waals surface area contributed by atoms with Crippen LogP contribution in [0.15, 0.2) is 42.5 Å². The lowest BCUT2D eigenvalue weighted by molar-refractivity contribution is 0.0272. The summed E-state index contributed by atoms with van der Waals surface area (Å²) >= 11 is 12.1. The zero-order valence-corrected chi connectivity index (χ0v) is 13.3. The van der Waals surface area contributed by atoms with Crippen molar-refractivity contribution in [3.05, 3.63) is 69.2 Å².